The molecule has 1 fully saturated rings. The highest BCUT2D eigenvalue weighted by Gasteiger charge is 2.36. The van der Waals surface area contributed by atoms with Crippen LogP contribution in [0.25, 0.3) is 5.65 Å². The number of hydrogen-bond acceptors (Lipinski definition) is 5. The molecule has 4 heterocycles. The molecule has 1 aliphatic rings. The summed E-state index contributed by atoms with van der Waals surface area (Å²) >= 11 is 3.40. The Balaban J connectivity index is 1.78. The number of anilines is 1. The van der Waals surface area contributed by atoms with Gasteiger partial charge in [-0.25, -0.2) is 14.3 Å². The molecule has 0 aliphatic carbocycles. The first-order valence-corrected chi connectivity index (χ1v) is 7.81. The van der Waals surface area contributed by atoms with Gasteiger partial charge >= 0.3 is 6.09 Å². The minimum atomic E-state index is -0.414. The van der Waals surface area contributed by atoms with Crippen molar-refractivity contribution in [2.45, 2.75) is 13.0 Å². The van der Waals surface area contributed by atoms with Gasteiger partial charge in [0, 0.05) is 18.1 Å². The monoisotopic (exact) mass is 373 g/mol. The van der Waals surface area contributed by atoms with Crippen molar-refractivity contribution in [3.05, 3.63) is 52.5 Å². The number of carbonyl (C=O) groups excluding carboxylic acids is 1. The summed E-state index contributed by atoms with van der Waals surface area (Å²) in [6.07, 6.45) is 4.78. The first kappa shape index (κ1) is 14.1. The number of cyclic esters (lactones) is 1. The molecule has 3 aromatic heterocycles. The molecule has 1 aliphatic heterocycles. The van der Waals surface area contributed by atoms with Gasteiger partial charge in [0.15, 0.2) is 5.65 Å². The minimum absolute atomic E-state index is 0.243. The van der Waals surface area contributed by atoms with E-state index in [0.717, 1.165) is 15.7 Å². The highest BCUT2D eigenvalue weighted by atomic mass is 79.9. The Labute approximate surface area is 140 Å². The van der Waals surface area contributed by atoms with Crippen molar-refractivity contribution in [1.82, 2.24) is 19.6 Å². The number of halogens is 1. The maximum Gasteiger partial charge on any atom is 0.416 e. The molecule has 0 spiro atoms. The lowest BCUT2D eigenvalue weighted by atomic mass is 10.1. The molecule has 0 N–H and O–H groups in total. The molecule has 3 aromatic rings. The smallest absolute Gasteiger partial charge is 0.416 e. The molecule has 4 rings (SSSR count). The van der Waals surface area contributed by atoms with Gasteiger partial charge in [-0.15, -0.1) is 0 Å². The van der Waals surface area contributed by atoms with Crippen LogP contribution in [-0.2, 0) is 4.74 Å². The summed E-state index contributed by atoms with van der Waals surface area (Å²) in [5.74, 6) is 0.520. The zero-order valence-corrected chi connectivity index (χ0v) is 13.8. The van der Waals surface area contributed by atoms with E-state index in [1.807, 2.05) is 19.1 Å². The van der Waals surface area contributed by atoms with Crippen LogP contribution in [0.3, 0.4) is 0 Å². The van der Waals surface area contributed by atoms with E-state index in [9.17, 15) is 4.79 Å². The molecular formula is C15H12BrN5O2. The van der Waals surface area contributed by atoms with Crippen LogP contribution in [0, 0.1) is 6.92 Å². The lowest BCUT2D eigenvalue weighted by Gasteiger charge is -2.20. The van der Waals surface area contributed by atoms with E-state index in [0.29, 0.717) is 11.5 Å². The topological polar surface area (TPSA) is 72.6 Å². The average molecular weight is 374 g/mol. The predicted octanol–water partition coefficient (Wildman–Crippen LogP) is 2.89. The van der Waals surface area contributed by atoms with Crippen molar-refractivity contribution in [3.63, 3.8) is 0 Å². The van der Waals surface area contributed by atoms with Gasteiger partial charge in [-0.2, -0.15) is 5.10 Å². The summed E-state index contributed by atoms with van der Waals surface area (Å²) in [4.78, 5) is 22.6. The van der Waals surface area contributed by atoms with Crippen molar-refractivity contribution in [1.29, 1.82) is 0 Å². The number of hydrogen-bond donors (Lipinski definition) is 0. The number of pyridine rings is 1. The Hall–Kier alpha value is -2.48. The highest BCUT2D eigenvalue weighted by Crippen LogP contribution is 2.32. The van der Waals surface area contributed by atoms with Crippen LogP contribution < -0.4 is 4.90 Å². The molecular weight excluding hydrogens is 362 g/mol. The van der Waals surface area contributed by atoms with E-state index < -0.39 is 6.09 Å². The normalized spacial score (nSPS) is 17.7. The van der Waals surface area contributed by atoms with Gasteiger partial charge in [0.2, 0.25) is 0 Å². The van der Waals surface area contributed by atoms with Gasteiger partial charge in [-0.3, -0.25) is 9.88 Å². The molecule has 23 heavy (non-hydrogen) atoms. The number of ether oxygens (including phenoxy) is 1. The van der Waals surface area contributed by atoms with Crippen molar-refractivity contribution in [3.8, 4) is 0 Å². The summed E-state index contributed by atoms with van der Waals surface area (Å²) in [7, 11) is 0. The summed E-state index contributed by atoms with van der Waals surface area (Å²) in [5.41, 5.74) is 2.48. The molecule has 0 bridgehead atoms. The number of aromatic nitrogens is 4. The van der Waals surface area contributed by atoms with Crippen LogP contribution in [0.1, 0.15) is 17.3 Å². The third-order valence-electron chi connectivity index (χ3n) is 3.75. The summed E-state index contributed by atoms with van der Waals surface area (Å²) in [6.45, 7) is 2.20. The standard InChI is InChI=1S/C15H12BrN5O2/c1-9-2-3-10(6-17-9)12-8-23-15(22)21(12)13-4-5-20-14(19-13)11(16)7-18-20/h2-7,12H,8H2,1H3/t12-/m0/s1. The van der Waals surface area contributed by atoms with E-state index in [4.69, 9.17) is 4.74 Å². The molecule has 1 amide bonds. The number of aryl methyl sites for hydroxylation is 1. The summed E-state index contributed by atoms with van der Waals surface area (Å²) in [5, 5.41) is 4.15. The fourth-order valence-corrected chi connectivity index (χ4v) is 2.92. The van der Waals surface area contributed by atoms with E-state index in [-0.39, 0.29) is 12.6 Å². The maximum absolute atomic E-state index is 12.2. The highest BCUT2D eigenvalue weighted by molar-refractivity contribution is 9.10. The van der Waals surface area contributed by atoms with Gasteiger partial charge in [-0.05, 0) is 40.5 Å². The van der Waals surface area contributed by atoms with Gasteiger partial charge in [0.05, 0.1) is 10.7 Å². The fourth-order valence-electron chi connectivity index (χ4n) is 2.56. The minimum Gasteiger partial charge on any atom is -0.447 e. The molecule has 7 nitrogen and oxygen atoms in total. The second-order valence-corrected chi connectivity index (χ2v) is 6.10. The van der Waals surface area contributed by atoms with Crippen LogP contribution in [0.2, 0.25) is 0 Å². The van der Waals surface area contributed by atoms with Crippen molar-refractivity contribution < 1.29 is 9.53 Å². The number of rotatable bonds is 2. The Kier molecular flexibility index (Phi) is 3.26. The van der Waals surface area contributed by atoms with Gasteiger partial charge in [0.1, 0.15) is 18.5 Å². The Morgan fingerprint density at radius 3 is 2.96 bits per heavy atom. The van der Waals surface area contributed by atoms with Crippen LogP contribution in [-0.4, -0.2) is 32.3 Å². The Bertz CT molecular complexity index is 893. The quantitative estimate of drug-likeness (QED) is 0.690. The number of nitrogens with zero attached hydrogens (tertiary/aromatic N) is 5. The van der Waals surface area contributed by atoms with Crippen molar-refractivity contribution in [2.24, 2.45) is 0 Å². The van der Waals surface area contributed by atoms with Crippen LogP contribution in [0.15, 0.2) is 41.3 Å². The van der Waals surface area contributed by atoms with E-state index >= 15 is 0 Å². The number of amides is 1. The van der Waals surface area contributed by atoms with E-state index in [1.165, 1.54) is 0 Å². The lowest BCUT2D eigenvalue weighted by Crippen LogP contribution is -2.28. The summed E-state index contributed by atoms with van der Waals surface area (Å²) in [6, 6.07) is 5.37. The number of fused-ring (bicyclic) bond motifs is 1. The fraction of sp³-hybridized carbons (Fsp3) is 0.200. The van der Waals surface area contributed by atoms with E-state index in [2.05, 4.69) is 31.0 Å². The Morgan fingerprint density at radius 1 is 1.30 bits per heavy atom. The van der Waals surface area contributed by atoms with Crippen molar-refractivity contribution >= 4 is 33.5 Å². The Morgan fingerprint density at radius 2 is 2.17 bits per heavy atom. The summed E-state index contributed by atoms with van der Waals surface area (Å²) < 4.78 is 7.63. The van der Waals surface area contributed by atoms with Gasteiger partial charge < -0.3 is 4.74 Å². The first-order valence-electron chi connectivity index (χ1n) is 7.02. The van der Waals surface area contributed by atoms with Gasteiger partial charge in [-0.1, -0.05) is 6.07 Å². The molecule has 8 heteroatoms. The average Bonchev–Trinajstić information content (AvgIpc) is 3.11. The third-order valence-corrected chi connectivity index (χ3v) is 4.31. The second-order valence-electron chi connectivity index (χ2n) is 5.24. The first-order chi connectivity index (χ1) is 11.1. The molecule has 116 valence electrons. The zero-order chi connectivity index (χ0) is 16.0. The van der Waals surface area contributed by atoms with E-state index in [1.54, 1.807) is 34.1 Å². The second kappa shape index (κ2) is 5.31. The largest absolute Gasteiger partial charge is 0.447 e. The zero-order valence-electron chi connectivity index (χ0n) is 12.2. The maximum atomic E-state index is 12.2. The lowest BCUT2D eigenvalue weighted by molar-refractivity contribution is 0.179. The number of carbonyl (C=O) groups is 1. The molecule has 1 atom stereocenters. The van der Waals surface area contributed by atoms with Gasteiger partial charge in [0.25, 0.3) is 0 Å². The third kappa shape index (κ3) is 2.35. The van der Waals surface area contributed by atoms with Crippen LogP contribution in [0.4, 0.5) is 10.6 Å². The predicted molar refractivity (Wildman–Crippen MR) is 86.2 cm³/mol. The molecule has 0 aromatic carbocycles. The molecule has 0 saturated carbocycles. The SMILES string of the molecule is Cc1ccc([C@@H]2COC(=O)N2c2ccn3ncc(Br)c3n2)cn1. The molecule has 1 saturated heterocycles. The van der Waals surface area contributed by atoms with Crippen molar-refractivity contribution in [2.75, 3.05) is 11.5 Å². The molecule has 0 radical (unpaired) electrons. The van der Waals surface area contributed by atoms with Crippen LogP contribution in [0.5, 0.6) is 0 Å². The molecule has 0 unspecified atom stereocenters. The van der Waals surface area contributed by atoms with Crippen LogP contribution >= 0.6 is 15.9 Å².